The molecule has 1 N–H and O–H groups in total. The second-order valence-electron chi connectivity index (χ2n) is 14.1. The first-order valence-electron chi connectivity index (χ1n) is 16.4. The number of amides is 1. The zero-order chi connectivity index (χ0) is 30.2. The summed E-state index contributed by atoms with van der Waals surface area (Å²) in [7, 11) is 0. The predicted octanol–water partition coefficient (Wildman–Crippen LogP) is 5.73. The van der Waals surface area contributed by atoms with E-state index in [2.05, 4.69) is 43.5 Å². The first kappa shape index (κ1) is 28.5. The van der Waals surface area contributed by atoms with Crippen LogP contribution in [0.3, 0.4) is 0 Å². The fraction of sp³-hybridized carbons (Fsp3) is 0.636. The number of piperazine rings is 1. The van der Waals surface area contributed by atoms with Crippen molar-refractivity contribution < 1.29 is 13.9 Å². The van der Waals surface area contributed by atoms with Gasteiger partial charge in [-0.15, -0.1) is 0 Å². The van der Waals surface area contributed by atoms with Gasteiger partial charge >= 0.3 is 0 Å². The van der Waals surface area contributed by atoms with Crippen molar-refractivity contribution in [2.45, 2.75) is 83.1 Å². The van der Waals surface area contributed by atoms with Crippen LogP contribution in [-0.2, 0) is 9.53 Å². The maximum Gasteiger partial charge on any atom is 0.226 e. The molecular formula is C33H41ClFN7O2. The van der Waals surface area contributed by atoms with Gasteiger partial charge in [-0.3, -0.25) is 9.36 Å². The van der Waals surface area contributed by atoms with Crippen molar-refractivity contribution in [2.75, 3.05) is 36.0 Å². The van der Waals surface area contributed by atoms with Crippen LogP contribution in [-0.4, -0.2) is 63.2 Å². The van der Waals surface area contributed by atoms with Crippen LogP contribution in [0.2, 0.25) is 5.28 Å². The summed E-state index contributed by atoms with van der Waals surface area (Å²) in [6, 6.07) is 7.23. The molecule has 44 heavy (non-hydrogen) atoms. The minimum absolute atomic E-state index is 0.171. The van der Waals surface area contributed by atoms with Gasteiger partial charge in [0.2, 0.25) is 11.2 Å². The zero-order valence-electron chi connectivity index (χ0n) is 25.5. The van der Waals surface area contributed by atoms with Crippen molar-refractivity contribution in [1.82, 2.24) is 24.8 Å². The number of piperidine rings is 1. The Morgan fingerprint density at radius 1 is 0.977 bits per heavy atom. The number of carbonyl (C=O) groups excluding carboxylic acids is 1. The molecule has 1 aromatic carbocycles. The molecule has 2 saturated carbocycles. The SMILES string of the molecule is C[C@]12CCC(=O)NC1CCC1C2CC[C@]2(C)O[C@H](n3cnc4c(N5CCN(c6ccccc6F)CC5)nc(Cl)nc43)CCC12. The summed E-state index contributed by atoms with van der Waals surface area (Å²) in [6.45, 7) is 7.44. The Morgan fingerprint density at radius 3 is 2.59 bits per heavy atom. The van der Waals surface area contributed by atoms with E-state index in [0.29, 0.717) is 67.7 Å². The maximum absolute atomic E-state index is 14.4. The smallest absolute Gasteiger partial charge is 0.226 e. The van der Waals surface area contributed by atoms with Gasteiger partial charge in [0, 0.05) is 38.6 Å². The molecular weight excluding hydrogens is 581 g/mol. The van der Waals surface area contributed by atoms with E-state index < -0.39 is 0 Å². The number of fused-ring (bicyclic) bond motifs is 6. The van der Waals surface area contributed by atoms with Gasteiger partial charge in [-0.2, -0.15) is 9.97 Å². The van der Waals surface area contributed by atoms with Crippen LogP contribution >= 0.6 is 11.6 Å². The standard InChI is InChI=1S/C33H41ClFN7O2/c1-32-13-12-26(43)37-25(32)9-7-20-21(32)11-14-33(2)22(20)8-10-27(44-33)42-19-36-28-29(38-31(34)39-30(28)42)41-17-15-40(16-18-41)24-6-4-3-5-23(24)35/h3-6,19-22,25,27H,7-18H2,1-2H3,(H,37,43)/t20?,21?,22?,25?,27-,32+,33-/m0/s1. The van der Waals surface area contributed by atoms with Crippen molar-refractivity contribution >= 4 is 40.2 Å². The first-order valence-corrected chi connectivity index (χ1v) is 16.7. The Balaban J connectivity index is 1.01. The number of rotatable bonds is 3. The van der Waals surface area contributed by atoms with Crippen molar-refractivity contribution in [3.63, 3.8) is 0 Å². The third-order valence-electron chi connectivity index (χ3n) is 12.0. The lowest BCUT2D eigenvalue weighted by Gasteiger charge is -2.62. The molecule has 234 valence electrons. The third kappa shape index (κ3) is 4.49. The number of imidazole rings is 1. The van der Waals surface area contributed by atoms with Crippen LogP contribution in [0.25, 0.3) is 11.2 Å². The number of anilines is 2. The lowest BCUT2D eigenvalue weighted by molar-refractivity contribution is -0.231. The Kier molecular flexibility index (Phi) is 6.83. The van der Waals surface area contributed by atoms with E-state index in [0.717, 1.165) is 56.3 Å². The number of halogens is 2. The Bertz CT molecular complexity index is 1590. The van der Waals surface area contributed by atoms with Gasteiger partial charge < -0.3 is 19.9 Å². The van der Waals surface area contributed by atoms with Crippen molar-refractivity contribution in [3.05, 3.63) is 41.7 Å². The normalized spacial score (nSPS) is 35.5. The molecule has 4 unspecified atom stereocenters. The molecule has 11 heteroatoms. The number of hydrogen-bond donors (Lipinski definition) is 1. The molecule has 1 amide bonds. The minimum Gasteiger partial charge on any atom is -0.366 e. The van der Waals surface area contributed by atoms with Gasteiger partial charge in [0.1, 0.15) is 12.0 Å². The fourth-order valence-electron chi connectivity index (χ4n) is 9.72. The third-order valence-corrected chi connectivity index (χ3v) is 12.2. The Morgan fingerprint density at radius 2 is 1.77 bits per heavy atom. The number of hydrogen-bond acceptors (Lipinski definition) is 7. The Hall–Kier alpha value is -2.98. The number of nitrogens with one attached hydrogen (secondary N) is 1. The number of aromatic nitrogens is 4. The predicted molar refractivity (Wildman–Crippen MR) is 167 cm³/mol. The van der Waals surface area contributed by atoms with E-state index in [1.54, 1.807) is 6.07 Å². The average molecular weight is 622 g/mol. The molecule has 5 fully saturated rings. The monoisotopic (exact) mass is 621 g/mol. The fourth-order valence-corrected chi connectivity index (χ4v) is 9.88. The summed E-state index contributed by atoms with van der Waals surface area (Å²) >= 11 is 6.53. The van der Waals surface area contributed by atoms with E-state index in [-0.39, 0.29) is 34.3 Å². The molecule has 2 aromatic heterocycles. The summed E-state index contributed by atoms with van der Waals surface area (Å²) in [6.07, 6.45) is 9.69. The average Bonchev–Trinajstić information content (AvgIpc) is 3.44. The summed E-state index contributed by atoms with van der Waals surface area (Å²) in [4.78, 5) is 30.5. The lowest BCUT2D eigenvalue weighted by atomic mass is 9.48. The summed E-state index contributed by atoms with van der Waals surface area (Å²) < 4.78 is 23.5. The van der Waals surface area contributed by atoms with E-state index in [9.17, 15) is 9.18 Å². The van der Waals surface area contributed by atoms with Gasteiger partial charge in [0.25, 0.3) is 0 Å². The van der Waals surface area contributed by atoms with Crippen LogP contribution in [0.15, 0.2) is 30.6 Å². The molecule has 3 saturated heterocycles. The van der Waals surface area contributed by atoms with Crippen molar-refractivity contribution in [1.29, 1.82) is 0 Å². The van der Waals surface area contributed by atoms with Gasteiger partial charge in [-0.25, -0.2) is 9.37 Å². The molecule has 0 radical (unpaired) electrons. The minimum atomic E-state index is -0.218. The molecule has 9 nitrogen and oxygen atoms in total. The molecule has 2 aliphatic carbocycles. The molecule has 3 aromatic rings. The van der Waals surface area contributed by atoms with E-state index in [1.165, 1.54) is 6.07 Å². The highest BCUT2D eigenvalue weighted by Crippen LogP contribution is 2.61. The highest BCUT2D eigenvalue weighted by atomic mass is 35.5. The number of ether oxygens (including phenoxy) is 1. The molecule has 3 aliphatic heterocycles. The largest absolute Gasteiger partial charge is 0.366 e. The highest BCUT2D eigenvalue weighted by molar-refractivity contribution is 6.28. The number of para-hydroxylation sites is 1. The quantitative estimate of drug-likeness (QED) is 0.374. The van der Waals surface area contributed by atoms with Crippen molar-refractivity contribution in [2.24, 2.45) is 23.2 Å². The van der Waals surface area contributed by atoms with Crippen LogP contribution < -0.4 is 15.1 Å². The summed E-state index contributed by atoms with van der Waals surface area (Å²) in [5.74, 6) is 2.49. The van der Waals surface area contributed by atoms with Crippen LogP contribution in [0.1, 0.15) is 71.4 Å². The highest BCUT2D eigenvalue weighted by Gasteiger charge is 2.59. The van der Waals surface area contributed by atoms with Crippen LogP contribution in [0, 0.1) is 29.0 Å². The maximum atomic E-state index is 14.4. The summed E-state index contributed by atoms with van der Waals surface area (Å²) in [5.41, 5.74) is 2.01. The lowest BCUT2D eigenvalue weighted by Crippen LogP contribution is -2.63. The van der Waals surface area contributed by atoms with Crippen molar-refractivity contribution in [3.8, 4) is 0 Å². The summed E-state index contributed by atoms with van der Waals surface area (Å²) in [5, 5.41) is 3.53. The molecule has 0 spiro atoms. The number of carbonyl (C=O) groups is 1. The first-order chi connectivity index (χ1) is 21.2. The van der Waals surface area contributed by atoms with Crippen LogP contribution in [0.4, 0.5) is 15.9 Å². The van der Waals surface area contributed by atoms with Gasteiger partial charge in [0.15, 0.2) is 17.0 Å². The zero-order valence-corrected chi connectivity index (χ0v) is 26.3. The second kappa shape index (κ2) is 10.5. The molecule has 5 heterocycles. The second-order valence-corrected chi connectivity index (χ2v) is 14.5. The van der Waals surface area contributed by atoms with Crippen LogP contribution in [0.5, 0.6) is 0 Å². The van der Waals surface area contributed by atoms with Gasteiger partial charge in [-0.1, -0.05) is 19.1 Å². The van der Waals surface area contributed by atoms with E-state index in [4.69, 9.17) is 21.3 Å². The molecule has 5 aliphatic rings. The number of benzene rings is 1. The van der Waals surface area contributed by atoms with E-state index >= 15 is 0 Å². The number of nitrogens with zero attached hydrogens (tertiary/aromatic N) is 6. The molecule has 8 rings (SSSR count). The molecule has 0 bridgehead atoms. The molecule has 7 atom stereocenters. The Labute approximate surface area is 262 Å². The van der Waals surface area contributed by atoms with Gasteiger partial charge in [0.05, 0.1) is 17.6 Å². The topological polar surface area (TPSA) is 88.4 Å². The van der Waals surface area contributed by atoms with E-state index in [1.807, 2.05) is 18.5 Å². The van der Waals surface area contributed by atoms with Gasteiger partial charge in [-0.05, 0) is 98.8 Å².